The summed E-state index contributed by atoms with van der Waals surface area (Å²) in [5, 5.41) is 14.2. The van der Waals surface area contributed by atoms with E-state index in [-0.39, 0.29) is 16.8 Å². The first-order chi connectivity index (χ1) is 10.1. The predicted octanol–water partition coefficient (Wildman–Crippen LogP) is 3.18. The standard InChI is InChI=1S/C14H23N3O4Si/c1-14(2,3)22(4,5)21-9-10-8-20-13-12(16-10)6-11(7-15-13)17(18)19/h6-7,10,16H,8-9H2,1-5H3/t10-/m1/s1. The van der Waals surface area contributed by atoms with Crippen molar-refractivity contribution in [1.29, 1.82) is 0 Å². The highest BCUT2D eigenvalue weighted by Crippen LogP contribution is 2.37. The van der Waals surface area contributed by atoms with Crippen LogP contribution in [0.4, 0.5) is 11.4 Å². The lowest BCUT2D eigenvalue weighted by Gasteiger charge is -2.38. The molecule has 0 saturated heterocycles. The Hall–Kier alpha value is -1.67. The minimum absolute atomic E-state index is 0.0366. The second-order valence-corrected chi connectivity index (χ2v) is 11.8. The normalized spacial score (nSPS) is 18.1. The number of nitrogens with zero attached hydrogens (tertiary/aromatic N) is 2. The Morgan fingerprint density at radius 3 is 2.82 bits per heavy atom. The van der Waals surface area contributed by atoms with Crippen LogP contribution in [0, 0.1) is 10.1 Å². The van der Waals surface area contributed by atoms with E-state index < -0.39 is 13.2 Å². The molecule has 0 spiro atoms. The minimum atomic E-state index is -1.83. The fraction of sp³-hybridized carbons (Fsp3) is 0.643. The summed E-state index contributed by atoms with van der Waals surface area (Å²) in [7, 11) is -1.83. The Bertz CT molecular complexity index is 572. The molecule has 0 fully saturated rings. The second-order valence-electron chi connectivity index (χ2n) is 7.03. The molecule has 1 aliphatic rings. The number of anilines is 1. The Kier molecular flexibility index (Phi) is 4.43. The summed E-state index contributed by atoms with van der Waals surface area (Å²) in [6, 6.07) is 1.41. The van der Waals surface area contributed by atoms with Crippen LogP contribution in [0.2, 0.25) is 18.1 Å². The Morgan fingerprint density at radius 2 is 2.23 bits per heavy atom. The van der Waals surface area contributed by atoms with Crippen LogP contribution < -0.4 is 10.1 Å². The molecule has 1 atom stereocenters. The van der Waals surface area contributed by atoms with Crippen LogP contribution in [0.25, 0.3) is 0 Å². The van der Waals surface area contributed by atoms with Gasteiger partial charge in [0, 0.05) is 6.07 Å². The molecule has 1 N–H and O–H groups in total. The summed E-state index contributed by atoms with van der Waals surface area (Å²) in [6.45, 7) is 11.9. The molecule has 0 aromatic carbocycles. The van der Waals surface area contributed by atoms with E-state index in [1.807, 2.05) is 0 Å². The topological polar surface area (TPSA) is 86.5 Å². The molecule has 1 aromatic rings. The lowest BCUT2D eigenvalue weighted by molar-refractivity contribution is -0.385. The highest BCUT2D eigenvalue weighted by atomic mass is 28.4. The number of hydrogen-bond donors (Lipinski definition) is 1. The van der Waals surface area contributed by atoms with Crippen LogP contribution in [-0.4, -0.2) is 37.5 Å². The van der Waals surface area contributed by atoms with Crippen LogP contribution in [0.1, 0.15) is 20.8 Å². The Labute approximate surface area is 131 Å². The van der Waals surface area contributed by atoms with Crippen LogP contribution in [0.15, 0.2) is 12.3 Å². The van der Waals surface area contributed by atoms with Gasteiger partial charge in [0.25, 0.3) is 5.69 Å². The van der Waals surface area contributed by atoms with Gasteiger partial charge in [0.05, 0.1) is 17.6 Å². The quantitative estimate of drug-likeness (QED) is 0.520. The lowest BCUT2D eigenvalue weighted by Crippen LogP contribution is -2.45. The van der Waals surface area contributed by atoms with Gasteiger partial charge in [-0.3, -0.25) is 10.1 Å². The van der Waals surface area contributed by atoms with Gasteiger partial charge in [-0.05, 0) is 18.1 Å². The zero-order valence-corrected chi connectivity index (χ0v) is 14.7. The highest BCUT2D eigenvalue weighted by molar-refractivity contribution is 6.74. The smallest absolute Gasteiger partial charge is 0.289 e. The fourth-order valence-corrected chi connectivity index (χ4v) is 2.87. The van der Waals surface area contributed by atoms with Gasteiger partial charge < -0.3 is 14.5 Å². The third-order valence-corrected chi connectivity index (χ3v) is 8.78. The number of pyridine rings is 1. The van der Waals surface area contributed by atoms with Crippen molar-refractivity contribution in [3.63, 3.8) is 0 Å². The molecule has 0 unspecified atom stereocenters. The first-order valence-corrected chi connectivity index (χ1v) is 10.2. The summed E-state index contributed by atoms with van der Waals surface area (Å²) < 4.78 is 11.7. The lowest BCUT2D eigenvalue weighted by atomic mass is 10.2. The van der Waals surface area contributed by atoms with Gasteiger partial charge in [-0.25, -0.2) is 4.98 Å². The predicted molar refractivity (Wildman–Crippen MR) is 86.9 cm³/mol. The van der Waals surface area contributed by atoms with E-state index in [0.29, 0.717) is 24.8 Å². The van der Waals surface area contributed by atoms with E-state index in [4.69, 9.17) is 9.16 Å². The molecule has 0 bridgehead atoms. The molecule has 8 heteroatoms. The van der Waals surface area contributed by atoms with Gasteiger partial charge in [0.2, 0.25) is 5.88 Å². The van der Waals surface area contributed by atoms with Crippen molar-refractivity contribution in [2.24, 2.45) is 0 Å². The van der Waals surface area contributed by atoms with Crippen molar-refractivity contribution < 1.29 is 14.1 Å². The number of fused-ring (bicyclic) bond motifs is 1. The van der Waals surface area contributed by atoms with Crippen LogP contribution >= 0.6 is 0 Å². The zero-order valence-electron chi connectivity index (χ0n) is 13.7. The van der Waals surface area contributed by atoms with Crippen molar-refractivity contribution in [2.45, 2.75) is 44.9 Å². The maximum absolute atomic E-state index is 10.8. The van der Waals surface area contributed by atoms with E-state index in [2.05, 4.69) is 44.2 Å². The summed E-state index contributed by atoms with van der Waals surface area (Å²) >= 11 is 0. The Morgan fingerprint density at radius 1 is 1.55 bits per heavy atom. The van der Waals surface area contributed by atoms with Crippen LogP contribution in [-0.2, 0) is 4.43 Å². The maximum atomic E-state index is 10.8. The van der Waals surface area contributed by atoms with Crippen LogP contribution in [0.3, 0.4) is 0 Å². The molecular weight excluding hydrogens is 302 g/mol. The van der Waals surface area contributed by atoms with Crippen molar-refractivity contribution in [2.75, 3.05) is 18.5 Å². The molecule has 0 aliphatic carbocycles. The maximum Gasteiger partial charge on any atom is 0.289 e. The van der Waals surface area contributed by atoms with Crippen molar-refractivity contribution in [1.82, 2.24) is 4.98 Å². The third kappa shape index (κ3) is 3.56. The summed E-state index contributed by atoms with van der Waals surface area (Å²) in [5.74, 6) is 0.397. The zero-order chi connectivity index (χ0) is 16.5. The monoisotopic (exact) mass is 325 g/mol. The third-order valence-electron chi connectivity index (χ3n) is 4.28. The van der Waals surface area contributed by atoms with Gasteiger partial charge in [0.1, 0.15) is 18.5 Å². The first-order valence-electron chi connectivity index (χ1n) is 7.28. The van der Waals surface area contributed by atoms with Gasteiger partial charge in [-0.15, -0.1) is 0 Å². The molecule has 2 rings (SSSR count). The molecule has 2 heterocycles. The largest absolute Gasteiger partial charge is 0.474 e. The molecule has 1 aromatic heterocycles. The van der Waals surface area contributed by atoms with Gasteiger partial charge in [-0.2, -0.15) is 0 Å². The van der Waals surface area contributed by atoms with E-state index >= 15 is 0 Å². The van der Waals surface area contributed by atoms with Gasteiger partial charge >= 0.3 is 0 Å². The van der Waals surface area contributed by atoms with E-state index in [1.165, 1.54) is 12.3 Å². The Balaban J connectivity index is 2.03. The number of hydrogen-bond acceptors (Lipinski definition) is 6. The highest BCUT2D eigenvalue weighted by Gasteiger charge is 2.38. The molecule has 0 radical (unpaired) electrons. The fourth-order valence-electron chi connectivity index (χ4n) is 1.82. The summed E-state index contributed by atoms with van der Waals surface area (Å²) in [4.78, 5) is 14.3. The van der Waals surface area contributed by atoms with E-state index in [9.17, 15) is 10.1 Å². The summed E-state index contributed by atoms with van der Waals surface area (Å²) in [6.07, 6.45) is 1.20. The molecule has 1 aliphatic heterocycles. The van der Waals surface area contributed by atoms with Crippen molar-refractivity contribution >= 4 is 19.7 Å². The number of nitrogens with one attached hydrogen (secondary N) is 1. The summed E-state index contributed by atoms with van der Waals surface area (Å²) in [5.41, 5.74) is 0.491. The van der Waals surface area contributed by atoms with Crippen molar-refractivity contribution in [3.05, 3.63) is 22.4 Å². The average Bonchev–Trinajstić information content (AvgIpc) is 2.43. The molecular formula is C14H23N3O4Si. The molecule has 22 heavy (non-hydrogen) atoms. The van der Waals surface area contributed by atoms with Gasteiger partial charge in [-0.1, -0.05) is 20.8 Å². The molecule has 0 saturated carbocycles. The van der Waals surface area contributed by atoms with E-state index in [1.54, 1.807) is 0 Å². The first kappa shape index (κ1) is 16.7. The second kappa shape index (κ2) is 5.84. The van der Waals surface area contributed by atoms with Crippen LogP contribution in [0.5, 0.6) is 5.88 Å². The molecule has 7 nitrogen and oxygen atoms in total. The minimum Gasteiger partial charge on any atom is -0.474 e. The molecule has 122 valence electrons. The number of nitro groups is 1. The SMILES string of the molecule is CC(C)(C)[Si](C)(C)OC[C@H]1COc2ncc([N+](=O)[O-])cc2N1. The average molecular weight is 325 g/mol. The van der Waals surface area contributed by atoms with Gasteiger partial charge in [0.15, 0.2) is 8.32 Å². The number of rotatable bonds is 4. The number of aromatic nitrogens is 1. The molecule has 0 amide bonds. The van der Waals surface area contributed by atoms with Crippen molar-refractivity contribution in [3.8, 4) is 5.88 Å². The number of ether oxygens (including phenoxy) is 1. The van der Waals surface area contributed by atoms with E-state index in [0.717, 1.165) is 0 Å².